The molecule has 2 N–H and O–H groups in total. The summed E-state index contributed by atoms with van der Waals surface area (Å²) in [6.45, 7) is 0.188. The largest absolute Gasteiger partial charge is 0.398 e. The van der Waals surface area contributed by atoms with Gasteiger partial charge in [0.1, 0.15) is 5.82 Å². The van der Waals surface area contributed by atoms with Crippen LogP contribution in [0.4, 0.5) is 10.1 Å². The molecule has 0 saturated carbocycles. The molecule has 0 spiro atoms. The SMILES string of the molecule is CN(Cc1ccccc1F)C(=O)c1ccc(N)c(Cl)c1. The molecule has 1 amide bonds. The molecule has 0 aromatic heterocycles. The van der Waals surface area contributed by atoms with Gasteiger partial charge >= 0.3 is 0 Å². The fraction of sp³-hybridized carbons (Fsp3) is 0.133. The number of nitrogens with zero attached hydrogens (tertiary/aromatic N) is 1. The molecule has 0 heterocycles. The van der Waals surface area contributed by atoms with Crippen molar-refractivity contribution in [2.45, 2.75) is 6.54 Å². The Morgan fingerprint density at radius 2 is 2.00 bits per heavy atom. The van der Waals surface area contributed by atoms with E-state index < -0.39 is 0 Å². The first-order valence-corrected chi connectivity index (χ1v) is 6.40. The monoisotopic (exact) mass is 292 g/mol. The molecule has 0 bridgehead atoms. The molecule has 0 aliphatic carbocycles. The minimum absolute atomic E-state index is 0.188. The fourth-order valence-corrected chi connectivity index (χ4v) is 2.02. The van der Waals surface area contributed by atoms with Crippen molar-refractivity contribution >= 4 is 23.2 Å². The molecule has 0 saturated heterocycles. The second-order valence-corrected chi connectivity index (χ2v) is 4.90. The predicted molar refractivity (Wildman–Crippen MR) is 78.1 cm³/mol. The highest BCUT2D eigenvalue weighted by Gasteiger charge is 2.14. The summed E-state index contributed by atoms with van der Waals surface area (Å²) < 4.78 is 13.6. The van der Waals surface area contributed by atoms with E-state index >= 15 is 0 Å². The number of hydrogen-bond donors (Lipinski definition) is 1. The molecule has 2 rings (SSSR count). The number of nitrogens with two attached hydrogens (primary N) is 1. The molecule has 5 heteroatoms. The molecular weight excluding hydrogens is 279 g/mol. The molecule has 2 aromatic carbocycles. The van der Waals surface area contributed by atoms with Crippen molar-refractivity contribution in [3.05, 3.63) is 64.4 Å². The molecule has 20 heavy (non-hydrogen) atoms. The Balaban J connectivity index is 2.16. The average Bonchev–Trinajstić information content (AvgIpc) is 2.43. The van der Waals surface area contributed by atoms with E-state index in [-0.39, 0.29) is 18.3 Å². The first-order valence-electron chi connectivity index (χ1n) is 6.03. The summed E-state index contributed by atoms with van der Waals surface area (Å²) in [6.07, 6.45) is 0. The van der Waals surface area contributed by atoms with E-state index in [9.17, 15) is 9.18 Å². The van der Waals surface area contributed by atoms with Crippen molar-refractivity contribution in [1.29, 1.82) is 0 Å². The van der Waals surface area contributed by atoms with Crippen LogP contribution in [0.2, 0.25) is 5.02 Å². The van der Waals surface area contributed by atoms with E-state index in [1.165, 1.54) is 17.0 Å². The van der Waals surface area contributed by atoms with Gasteiger partial charge in [-0.2, -0.15) is 0 Å². The Morgan fingerprint density at radius 1 is 1.30 bits per heavy atom. The van der Waals surface area contributed by atoms with Crippen LogP contribution in [0, 0.1) is 5.82 Å². The molecule has 0 aliphatic rings. The van der Waals surface area contributed by atoms with Crippen LogP contribution in [0.3, 0.4) is 0 Å². The van der Waals surface area contributed by atoms with Crippen LogP contribution in [-0.4, -0.2) is 17.9 Å². The number of amides is 1. The van der Waals surface area contributed by atoms with E-state index in [0.717, 1.165) is 0 Å². The van der Waals surface area contributed by atoms with Crippen LogP contribution in [0.25, 0.3) is 0 Å². The van der Waals surface area contributed by atoms with Gasteiger partial charge in [-0.1, -0.05) is 29.8 Å². The zero-order valence-corrected chi connectivity index (χ0v) is 11.7. The summed E-state index contributed by atoms with van der Waals surface area (Å²) >= 11 is 5.89. The van der Waals surface area contributed by atoms with Crippen molar-refractivity contribution in [3.8, 4) is 0 Å². The maximum Gasteiger partial charge on any atom is 0.253 e. The topological polar surface area (TPSA) is 46.3 Å². The Labute approximate surface area is 121 Å². The summed E-state index contributed by atoms with van der Waals surface area (Å²) in [5.74, 6) is -0.572. The maximum atomic E-state index is 13.6. The maximum absolute atomic E-state index is 13.6. The number of carbonyl (C=O) groups is 1. The third-order valence-corrected chi connectivity index (χ3v) is 3.29. The molecule has 104 valence electrons. The first-order chi connectivity index (χ1) is 9.49. The molecule has 0 radical (unpaired) electrons. The lowest BCUT2D eigenvalue weighted by Crippen LogP contribution is -2.26. The standard InChI is InChI=1S/C15H14ClFN2O/c1-19(9-11-4-2-3-5-13(11)17)15(20)10-6-7-14(18)12(16)8-10/h2-8H,9,18H2,1H3. The lowest BCUT2D eigenvalue weighted by atomic mass is 10.1. The van der Waals surface area contributed by atoms with Gasteiger partial charge in [-0.3, -0.25) is 4.79 Å². The average molecular weight is 293 g/mol. The zero-order chi connectivity index (χ0) is 14.7. The highest BCUT2D eigenvalue weighted by molar-refractivity contribution is 6.33. The van der Waals surface area contributed by atoms with Crippen LogP contribution in [-0.2, 0) is 6.54 Å². The van der Waals surface area contributed by atoms with Crippen LogP contribution in [0.5, 0.6) is 0 Å². The third kappa shape index (κ3) is 3.08. The number of halogens is 2. The third-order valence-electron chi connectivity index (χ3n) is 2.96. The van der Waals surface area contributed by atoms with Gasteiger partial charge in [0.2, 0.25) is 0 Å². The summed E-state index contributed by atoms with van der Waals surface area (Å²) in [6, 6.07) is 11.0. The second kappa shape index (κ2) is 5.92. The van der Waals surface area contributed by atoms with E-state index in [4.69, 9.17) is 17.3 Å². The summed E-state index contributed by atoms with van der Waals surface area (Å²) in [7, 11) is 1.61. The van der Waals surface area contributed by atoms with E-state index in [1.54, 1.807) is 37.4 Å². The quantitative estimate of drug-likeness (QED) is 0.882. The van der Waals surface area contributed by atoms with E-state index in [0.29, 0.717) is 21.8 Å². The lowest BCUT2D eigenvalue weighted by Gasteiger charge is -2.18. The number of anilines is 1. The molecule has 0 atom stereocenters. The van der Waals surface area contributed by atoms with Crippen molar-refractivity contribution < 1.29 is 9.18 Å². The minimum Gasteiger partial charge on any atom is -0.398 e. The van der Waals surface area contributed by atoms with Crippen LogP contribution < -0.4 is 5.73 Å². The summed E-state index contributed by atoms with van der Waals surface area (Å²) in [4.78, 5) is 13.7. The zero-order valence-electron chi connectivity index (χ0n) is 10.9. The van der Waals surface area contributed by atoms with Crippen molar-refractivity contribution in [2.24, 2.45) is 0 Å². The van der Waals surface area contributed by atoms with Gasteiger partial charge in [0.15, 0.2) is 0 Å². The smallest absolute Gasteiger partial charge is 0.253 e. The van der Waals surface area contributed by atoms with Crippen LogP contribution >= 0.6 is 11.6 Å². The molecule has 3 nitrogen and oxygen atoms in total. The van der Waals surface area contributed by atoms with Gasteiger partial charge in [-0.15, -0.1) is 0 Å². The summed E-state index contributed by atoms with van der Waals surface area (Å²) in [5, 5.41) is 0.329. The lowest BCUT2D eigenvalue weighted by molar-refractivity contribution is 0.0784. The van der Waals surface area contributed by atoms with Gasteiger partial charge < -0.3 is 10.6 Å². The Morgan fingerprint density at radius 3 is 2.65 bits per heavy atom. The second-order valence-electron chi connectivity index (χ2n) is 4.49. The fourth-order valence-electron chi connectivity index (χ4n) is 1.83. The highest BCUT2D eigenvalue weighted by Crippen LogP contribution is 2.21. The first kappa shape index (κ1) is 14.3. The van der Waals surface area contributed by atoms with Gasteiger partial charge in [0.25, 0.3) is 5.91 Å². The van der Waals surface area contributed by atoms with Crippen molar-refractivity contribution in [1.82, 2.24) is 4.90 Å². The van der Waals surface area contributed by atoms with Gasteiger partial charge in [0, 0.05) is 24.7 Å². The number of benzene rings is 2. The normalized spacial score (nSPS) is 10.3. The van der Waals surface area contributed by atoms with Crippen LogP contribution in [0.15, 0.2) is 42.5 Å². The van der Waals surface area contributed by atoms with Crippen molar-refractivity contribution in [3.63, 3.8) is 0 Å². The molecule has 0 fully saturated rings. The van der Waals surface area contributed by atoms with Gasteiger partial charge in [0.05, 0.1) is 10.7 Å². The molecule has 0 unspecified atom stereocenters. The van der Waals surface area contributed by atoms with Crippen molar-refractivity contribution in [2.75, 3.05) is 12.8 Å². The minimum atomic E-state index is -0.331. The number of rotatable bonds is 3. The van der Waals surface area contributed by atoms with Gasteiger partial charge in [-0.05, 0) is 24.3 Å². The Kier molecular flexibility index (Phi) is 4.25. The predicted octanol–water partition coefficient (Wildman–Crippen LogP) is 3.33. The van der Waals surface area contributed by atoms with E-state index in [1.807, 2.05) is 0 Å². The molecule has 0 aliphatic heterocycles. The number of carbonyl (C=O) groups excluding carboxylic acids is 1. The van der Waals surface area contributed by atoms with Gasteiger partial charge in [-0.25, -0.2) is 4.39 Å². The van der Waals surface area contributed by atoms with Crippen LogP contribution in [0.1, 0.15) is 15.9 Å². The molecule has 2 aromatic rings. The molecular formula is C15H14ClFN2O. The Hall–Kier alpha value is -2.07. The number of hydrogen-bond acceptors (Lipinski definition) is 2. The summed E-state index contributed by atoms with van der Waals surface area (Å²) in [5.41, 5.74) is 6.90. The van der Waals surface area contributed by atoms with E-state index in [2.05, 4.69) is 0 Å². The Bertz CT molecular complexity index is 646. The number of nitrogen functional groups attached to an aromatic ring is 1. The highest BCUT2D eigenvalue weighted by atomic mass is 35.5.